The van der Waals surface area contributed by atoms with Crippen molar-refractivity contribution in [2.45, 2.75) is 24.1 Å². The minimum absolute atomic E-state index is 0.272. The van der Waals surface area contributed by atoms with Gasteiger partial charge in [0.1, 0.15) is 0 Å². The van der Waals surface area contributed by atoms with Crippen molar-refractivity contribution in [3.8, 4) is 0 Å². The second-order valence-corrected chi connectivity index (χ2v) is 8.52. The number of hydrogen-bond donors (Lipinski definition) is 0. The first-order valence-corrected chi connectivity index (χ1v) is 10.3. The summed E-state index contributed by atoms with van der Waals surface area (Å²) in [5.74, 6) is 0. The highest BCUT2D eigenvalue weighted by Crippen LogP contribution is 2.42. The Bertz CT molecular complexity index is 1020. The number of sulfonamides is 1. The Balaban J connectivity index is 1.83. The number of rotatable bonds is 4. The molecule has 1 saturated heterocycles. The predicted octanol–water partition coefficient (Wildman–Crippen LogP) is 4.46. The van der Waals surface area contributed by atoms with Gasteiger partial charge in [-0.15, -0.1) is 0 Å². The minimum Gasteiger partial charge on any atom is -0.356 e. The number of ether oxygens (including phenoxy) is 1. The summed E-state index contributed by atoms with van der Waals surface area (Å²) >= 11 is 0. The van der Waals surface area contributed by atoms with Crippen LogP contribution in [0.25, 0.3) is 0 Å². The van der Waals surface area contributed by atoms with Crippen LogP contribution in [0, 0.1) is 6.92 Å². The van der Waals surface area contributed by atoms with Gasteiger partial charge in [0.2, 0.25) is 10.0 Å². The van der Waals surface area contributed by atoms with Gasteiger partial charge in [-0.05, 0) is 30.2 Å². The van der Waals surface area contributed by atoms with Crippen LogP contribution in [0.1, 0.15) is 29.0 Å². The number of hydrogen-bond acceptors (Lipinski definition) is 3. The maximum absolute atomic E-state index is 13.5. The molecule has 1 fully saturated rings. The van der Waals surface area contributed by atoms with Crippen molar-refractivity contribution >= 4 is 10.0 Å². The summed E-state index contributed by atoms with van der Waals surface area (Å²) in [6, 6.07) is 25.6. The van der Waals surface area contributed by atoms with E-state index in [-0.39, 0.29) is 10.9 Å². The van der Waals surface area contributed by atoms with E-state index in [1.807, 2.05) is 67.6 Å². The van der Waals surface area contributed by atoms with Crippen LogP contribution in [0.4, 0.5) is 0 Å². The van der Waals surface area contributed by atoms with E-state index >= 15 is 0 Å². The molecule has 3 aromatic rings. The van der Waals surface area contributed by atoms with E-state index in [9.17, 15) is 8.42 Å². The Morgan fingerprint density at radius 3 is 2.15 bits per heavy atom. The van der Waals surface area contributed by atoms with Gasteiger partial charge in [-0.25, -0.2) is 8.42 Å². The molecular weight excluding hydrogens is 358 g/mol. The quantitative estimate of drug-likeness (QED) is 0.673. The molecule has 0 N–H and O–H groups in total. The van der Waals surface area contributed by atoms with Crippen LogP contribution >= 0.6 is 0 Å². The van der Waals surface area contributed by atoms with E-state index in [1.165, 1.54) is 4.31 Å². The Morgan fingerprint density at radius 1 is 0.852 bits per heavy atom. The second-order valence-electron chi connectivity index (χ2n) is 6.67. The van der Waals surface area contributed by atoms with E-state index in [1.54, 1.807) is 24.3 Å². The molecule has 27 heavy (non-hydrogen) atoms. The van der Waals surface area contributed by atoms with Crippen LogP contribution < -0.4 is 0 Å². The van der Waals surface area contributed by atoms with Gasteiger partial charge < -0.3 is 4.74 Å². The van der Waals surface area contributed by atoms with Crippen molar-refractivity contribution < 1.29 is 13.2 Å². The lowest BCUT2D eigenvalue weighted by Crippen LogP contribution is -2.33. The van der Waals surface area contributed by atoms with E-state index in [0.29, 0.717) is 6.61 Å². The second kappa shape index (κ2) is 7.27. The van der Waals surface area contributed by atoms with E-state index in [0.717, 1.165) is 16.7 Å². The van der Waals surface area contributed by atoms with Gasteiger partial charge in [0.15, 0.2) is 6.23 Å². The summed E-state index contributed by atoms with van der Waals surface area (Å²) in [6.45, 7) is 2.32. The summed E-state index contributed by atoms with van der Waals surface area (Å²) in [5.41, 5.74) is 2.85. The first-order chi connectivity index (χ1) is 13.1. The molecule has 4 rings (SSSR count). The Morgan fingerprint density at radius 2 is 1.48 bits per heavy atom. The van der Waals surface area contributed by atoms with Gasteiger partial charge in [-0.1, -0.05) is 78.4 Å². The highest BCUT2D eigenvalue weighted by molar-refractivity contribution is 7.89. The molecule has 4 nitrogen and oxygen atoms in total. The maximum Gasteiger partial charge on any atom is 0.246 e. The smallest absolute Gasteiger partial charge is 0.246 e. The fourth-order valence-corrected chi connectivity index (χ4v) is 5.18. The molecule has 0 amide bonds. The Labute approximate surface area is 160 Å². The van der Waals surface area contributed by atoms with Gasteiger partial charge in [0.05, 0.1) is 17.5 Å². The minimum atomic E-state index is -3.74. The Hall–Kier alpha value is -2.47. The number of aryl methyl sites for hydroxylation is 1. The standard InChI is InChI=1S/C22H21NO3S/c1-17-9-8-12-19(15-17)21-16-26-22(18-10-4-2-5-11-18)23(21)27(24,25)20-13-6-3-7-14-20/h2-15,21-22H,16H2,1H3/t21-,22?/m1/s1. The molecule has 2 atom stereocenters. The van der Waals surface area contributed by atoms with Crippen molar-refractivity contribution in [2.24, 2.45) is 0 Å². The molecule has 3 aromatic carbocycles. The third-order valence-corrected chi connectivity index (χ3v) is 6.65. The summed E-state index contributed by atoms with van der Waals surface area (Å²) in [6.07, 6.45) is -0.651. The molecule has 0 saturated carbocycles. The summed E-state index contributed by atoms with van der Waals surface area (Å²) in [7, 11) is -3.74. The highest BCUT2D eigenvalue weighted by atomic mass is 32.2. The molecule has 1 aliphatic rings. The van der Waals surface area contributed by atoms with Crippen molar-refractivity contribution in [2.75, 3.05) is 6.61 Å². The van der Waals surface area contributed by atoms with E-state index < -0.39 is 16.3 Å². The molecule has 0 radical (unpaired) electrons. The first-order valence-electron chi connectivity index (χ1n) is 8.89. The van der Waals surface area contributed by atoms with Crippen LogP contribution in [0.15, 0.2) is 89.8 Å². The monoisotopic (exact) mass is 379 g/mol. The fourth-order valence-electron chi connectivity index (χ4n) is 3.48. The topological polar surface area (TPSA) is 46.6 Å². The van der Waals surface area contributed by atoms with Gasteiger partial charge in [-0.3, -0.25) is 0 Å². The van der Waals surface area contributed by atoms with Crippen molar-refractivity contribution in [1.82, 2.24) is 4.31 Å². The molecule has 0 aliphatic carbocycles. The van der Waals surface area contributed by atoms with Crippen molar-refractivity contribution in [3.63, 3.8) is 0 Å². The average Bonchev–Trinajstić information content (AvgIpc) is 3.15. The van der Waals surface area contributed by atoms with Crippen LogP contribution in [-0.4, -0.2) is 19.3 Å². The lowest BCUT2D eigenvalue weighted by atomic mass is 10.1. The van der Waals surface area contributed by atoms with Crippen molar-refractivity contribution in [3.05, 3.63) is 102 Å². The lowest BCUT2D eigenvalue weighted by molar-refractivity contribution is 0.0681. The normalized spacial score (nSPS) is 20.6. The van der Waals surface area contributed by atoms with E-state index in [4.69, 9.17) is 4.74 Å². The molecule has 0 spiro atoms. The molecule has 5 heteroatoms. The zero-order chi connectivity index (χ0) is 18.9. The molecule has 1 aliphatic heterocycles. The van der Waals surface area contributed by atoms with Crippen LogP contribution in [0.2, 0.25) is 0 Å². The maximum atomic E-state index is 13.5. The Kier molecular flexibility index (Phi) is 4.83. The number of nitrogens with zero attached hydrogens (tertiary/aromatic N) is 1. The molecule has 1 heterocycles. The van der Waals surface area contributed by atoms with Crippen molar-refractivity contribution in [1.29, 1.82) is 0 Å². The fraction of sp³-hybridized carbons (Fsp3) is 0.182. The lowest BCUT2D eigenvalue weighted by Gasteiger charge is -2.28. The predicted molar refractivity (Wildman–Crippen MR) is 105 cm³/mol. The largest absolute Gasteiger partial charge is 0.356 e. The summed E-state index contributed by atoms with van der Waals surface area (Å²) < 4.78 is 34.6. The molecule has 138 valence electrons. The zero-order valence-electron chi connectivity index (χ0n) is 15.0. The van der Waals surface area contributed by atoms with Crippen LogP contribution in [0.3, 0.4) is 0 Å². The third-order valence-electron chi connectivity index (χ3n) is 4.78. The number of benzene rings is 3. The molecule has 0 aromatic heterocycles. The van der Waals surface area contributed by atoms with Gasteiger partial charge in [-0.2, -0.15) is 4.31 Å². The van der Waals surface area contributed by atoms with Gasteiger partial charge in [0, 0.05) is 0 Å². The molecule has 0 bridgehead atoms. The van der Waals surface area contributed by atoms with Crippen LogP contribution in [-0.2, 0) is 14.8 Å². The molecular formula is C22H21NO3S. The average molecular weight is 379 g/mol. The van der Waals surface area contributed by atoms with Gasteiger partial charge >= 0.3 is 0 Å². The SMILES string of the molecule is Cc1cccc([C@H]2COC(c3ccccc3)N2S(=O)(=O)c2ccccc2)c1. The van der Waals surface area contributed by atoms with Gasteiger partial charge in [0.25, 0.3) is 0 Å². The zero-order valence-corrected chi connectivity index (χ0v) is 15.8. The summed E-state index contributed by atoms with van der Waals surface area (Å²) in [4.78, 5) is 0.272. The highest BCUT2D eigenvalue weighted by Gasteiger charge is 2.44. The van der Waals surface area contributed by atoms with Crippen LogP contribution in [0.5, 0.6) is 0 Å². The third kappa shape index (κ3) is 3.41. The van der Waals surface area contributed by atoms with E-state index in [2.05, 4.69) is 0 Å². The first kappa shape index (κ1) is 17.9. The summed E-state index contributed by atoms with van der Waals surface area (Å²) in [5, 5.41) is 0. The molecule has 1 unspecified atom stereocenters.